The van der Waals surface area contributed by atoms with Crippen molar-refractivity contribution in [2.45, 2.75) is 12.6 Å². The Balaban J connectivity index is 1.88. The van der Waals surface area contributed by atoms with Gasteiger partial charge in [0.25, 0.3) is 0 Å². The zero-order valence-corrected chi connectivity index (χ0v) is 13.9. The number of carbonyl (C=O) groups excluding carboxylic acids is 2. The molecule has 6 nitrogen and oxygen atoms in total. The fourth-order valence-corrected chi connectivity index (χ4v) is 3.26. The van der Waals surface area contributed by atoms with E-state index < -0.39 is 12.1 Å². The van der Waals surface area contributed by atoms with Crippen LogP contribution in [0, 0.1) is 5.82 Å². The molecule has 26 heavy (non-hydrogen) atoms. The maximum absolute atomic E-state index is 13.5. The number of rotatable bonds is 2. The first-order valence-electron chi connectivity index (χ1n) is 8.03. The van der Waals surface area contributed by atoms with Crippen LogP contribution in [0.25, 0.3) is 16.6 Å². The SMILES string of the molecule is CN1Cc2cc3ccc(F)cc3nc2/C1=C/C1=C(C=O)COC(=O)C1O. The molecule has 1 aromatic carbocycles. The summed E-state index contributed by atoms with van der Waals surface area (Å²) < 4.78 is 18.3. The Bertz CT molecular complexity index is 1010. The summed E-state index contributed by atoms with van der Waals surface area (Å²) in [5.74, 6) is -1.17. The zero-order valence-electron chi connectivity index (χ0n) is 13.9. The highest BCUT2D eigenvalue weighted by Crippen LogP contribution is 2.34. The van der Waals surface area contributed by atoms with Gasteiger partial charge in [0.05, 0.1) is 16.9 Å². The van der Waals surface area contributed by atoms with Gasteiger partial charge >= 0.3 is 5.97 Å². The second kappa shape index (κ2) is 6.03. The van der Waals surface area contributed by atoms with Crippen molar-refractivity contribution in [3.63, 3.8) is 0 Å². The molecule has 1 aromatic heterocycles. The summed E-state index contributed by atoms with van der Waals surface area (Å²) >= 11 is 0. The van der Waals surface area contributed by atoms with Gasteiger partial charge in [0.2, 0.25) is 0 Å². The van der Waals surface area contributed by atoms with E-state index in [-0.39, 0.29) is 23.6 Å². The smallest absolute Gasteiger partial charge is 0.340 e. The number of fused-ring (bicyclic) bond motifs is 2. The van der Waals surface area contributed by atoms with Crippen LogP contribution in [-0.4, -0.2) is 47.0 Å². The van der Waals surface area contributed by atoms with E-state index in [1.54, 1.807) is 12.1 Å². The number of pyridine rings is 1. The van der Waals surface area contributed by atoms with Crippen LogP contribution < -0.4 is 0 Å². The maximum Gasteiger partial charge on any atom is 0.340 e. The third-order valence-electron chi connectivity index (χ3n) is 4.61. The Morgan fingerprint density at radius 3 is 2.96 bits per heavy atom. The molecule has 3 heterocycles. The molecular weight excluding hydrogens is 339 g/mol. The van der Waals surface area contributed by atoms with Gasteiger partial charge in [-0.15, -0.1) is 0 Å². The predicted octanol–water partition coefficient (Wildman–Crippen LogP) is 1.57. The molecular formula is C19H15FN2O4. The number of aliphatic hydroxyl groups is 1. The van der Waals surface area contributed by atoms with Crippen molar-refractivity contribution in [2.75, 3.05) is 13.7 Å². The Morgan fingerprint density at radius 1 is 1.38 bits per heavy atom. The van der Waals surface area contributed by atoms with Gasteiger partial charge < -0.3 is 14.7 Å². The zero-order chi connectivity index (χ0) is 18.4. The highest BCUT2D eigenvalue weighted by atomic mass is 19.1. The summed E-state index contributed by atoms with van der Waals surface area (Å²) in [6, 6.07) is 6.36. The highest BCUT2D eigenvalue weighted by molar-refractivity contribution is 5.90. The second-order valence-electron chi connectivity index (χ2n) is 6.33. The molecule has 7 heteroatoms. The average Bonchev–Trinajstić information content (AvgIpc) is 2.92. The minimum atomic E-state index is -1.52. The number of carbonyl (C=O) groups is 2. The summed E-state index contributed by atoms with van der Waals surface area (Å²) in [7, 11) is 1.84. The molecule has 0 spiro atoms. The van der Waals surface area contributed by atoms with Crippen LogP contribution >= 0.6 is 0 Å². The lowest BCUT2D eigenvalue weighted by Gasteiger charge is -2.21. The number of esters is 1. The molecule has 0 amide bonds. The molecule has 0 bridgehead atoms. The van der Waals surface area contributed by atoms with E-state index in [2.05, 4.69) is 4.98 Å². The molecule has 0 aliphatic carbocycles. The number of aliphatic hydroxyl groups excluding tert-OH is 1. The molecule has 0 radical (unpaired) electrons. The van der Waals surface area contributed by atoms with Crippen LogP contribution in [0.3, 0.4) is 0 Å². The van der Waals surface area contributed by atoms with Crippen molar-refractivity contribution in [1.82, 2.24) is 9.88 Å². The molecule has 0 saturated carbocycles. The van der Waals surface area contributed by atoms with Gasteiger partial charge in [-0.25, -0.2) is 14.2 Å². The molecule has 0 saturated heterocycles. The van der Waals surface area contributed by atoms with Crippen molar-refractivity contribution in [1.29, 1.82) is 0 Å². The van der Waals surface area contributed by atoms with E-state index >= 15 is 0 Å². The van der Waals surface area contributed by atoms with Crippen LogP contribution in [0.4, 0.5) is 4.39 Å². The van der Waals surface area contributed by atoms with Gasteiger partial charge in [0.1, 0.15) is 18.7 Å². The number of aromatic nitrogens is 1. The lowest BCUT2D eigenvalue weighted by atomic mass is 9.99. The Morgan fingerprint density at radius 2 is 2.19 bits per heavy atom. The minimum Gasteiger partial charge on any atom is -0.459 e. The molecule has 2 aliphatic heterocycles. The second-order valence-corrected chi connectivity index (χ2v) is 6.33. The largest absolute Gasteiger partial charge is 0.459 e. The summed E-state index contributed by atoms with van der Waals surface area (Å²) in [6.45, 7) is 0.400. The maximum atomic E-state index is 13.5. The van der Waals surface area contributed by atoms with E-state index in [4.69, 9.17) is 4.74 Å². The lowest BCUT2D eigenvalue weighted by molar-refractivity contribution is -0.151. The van der Waals surface area contributed by atoms with Crippen molar-refractivity contribution >= 4 is 28.9 Å². The monoisotopic (exact) mass is 354 g/mol. The average molecular weight is 354 g/mol. The molecule has 1 unspecified atom stereocenters. The molecule has 4 rings (SSSR count). The van der Waals surface area contributed by atoms with Crippen LogP contribution in [-0.2, 0) is 20.9 Å². The van der Waals surface area contributed by atoms with Crippen LogP contribution in [0.2, 0.25) is 0 Å². The number of nitrogens with zero attached hydrogens (tertiary/aromatic N) is 2. The number of benzene rings is 1. The first-order chi connectivity index (χ1) is 12.5. The number of ether oxygens (including phenoxy) is 1. The van der Waals surface area contributed by atoms with Crippen LogP contribution in [0.15, 0.2) is 41.5 Å². The molecule has 132 valence electrons. The van der Waals surface area contributed by atoms with Gasteiger partial charge in [-0.3, -0.25) is 4.79 Å². The topological polar surface area (TPSA) is 79.7 Å². The van der Waals surface area contributed by atoms with Crippen molar-refractivity contribution in [2.24, 2.45) is 0 Å². The van der Waals surface area contributed by atoms with Gasteiger partial charge in [-0.1, -0.05) is 0 Å². The summed E-state index contributed by atoms with van der Waals surface area (Å²) in [4.78, 5) is 29.4. The number of cyclic esters (lactones) is 1. The third-order valence-corrected chi connectivity index (χ3v) is 4.61. The quantitative estimate of drug-likeness (QED) is 0.651. The Hall–Kier alpha value is -3.06. The van der Waals surface area contributed by atoms with Crippen molar-refractivity contribution < 1.29 is 23.8 Å². The summed E-state index contributed by atoms with van der Waals surface area (Å²) in [5, 5.41) is 10.9. The molecule has 2 aliphatic rings. The number of halogens is 1. The van der Waals surface area contributed by atoms with Gasteiger partial charge in [-0.2, -0.15) is 0 Å². The van der Waals surface area contributed by atoms with Gasteiger partial charge in [0.15, 0.2) is 6.10 Å². The molecule has 1 atom stereocenters. The molecule has 2 aromatic rings. The summed E-state index contributed by atoms with van der Waals surface area (Å²) in [6.07, 6.45) is 0.631. The van der Waals surface area contributed by atoms with Crippen LogP contribution in [0.1, 0.15) is 11.3 Å². The number of hydrogen-bond donors (Lipinski definition) is 1. The van der Waals surface area contributed by atoms with Crippen molar-refractivity contribution in [3.05, 3.63) is 58.6 Å². The molecule has 0 fully saturated rings. The Kier molecular flexibility index (Phi) is 3.81. The van der Waals surface area contributed by atoms with E-state index in [9.17, 15) is 19.1 Å². The number of aldehydes is 1. The molecule has 1 N–H and O–H groups in total. The fourth-order valence-electron chi connectivity index (χ4n) is 3.26. The number of hydrogen-bond acceptors (Lipinski definition) is 6. The highest BCUT2D eigenvalue weighted by Gasteiger charge is 2.31. The summed E-state index contributed by atoms with van der Waals surface area (Å²) in [5.41, 5.74) is 3.14. The first kappa shape index (κ1) is 16.4. The van der Waals surface area contributed by atoms with E-state index in [1.807, 2.05) is 18.0 Å². The first-order valence-corrected chi connectivity index (χ1v) is 8.03. The minimum absolute atomic E-state index is 0.175. The van der Waals surface area contributed by atoms with Gasteiger partial charge in [0, 0.05) is 36.2 Å². The van der Waals surface area contributed by atoms with Gasteiger partial charge in [-0.05, 0) is 29.8 Å². The Labute approximate surface area is 148 Å². The lowest BCUT2D eigenvalue weighted by Crippen LogP contribution is -2.32. The van der Waals surface area contributed by atoms with E-state index in [0.29, 0.717) is 29.7 Å². The van der Waals surface area contributed by atoms with Crippen LogP contribution in [0.5, 0.6) is 0 Å². The normalized spacial score (nSPS) is 21.3. The van der Waals surface area contributed by atoms with E-state index in [1.165, 1.54) is 12.1 Å². The fraction of sp³-hybridized carbons (Fsp3) is 0.211. The predicted molar refractivity (Wildman–Crippen MR) is 91.2 cm³/mol. The standard InChI is InChI=1S/C19H15FN2O4/c1-22-7-11-4-10-2-3-13(20)5-15(10)21-17(11)16(22)6-14-12(8-23)9-26-19(25)18(14)24/h2-6,8,18,24H,7,9H2,1H3/b16-6-. The van der Waals surface area contributed by atoms with E-state index in [0.717, 1.165) is 10.9 Å². The third kappa shape index (κ3) is 2.57. The van der Waals surface area contributed by atoms with Crippen molar-refractivity contribution in [3.8, 4) is 0 Å².